The van der Waals surface area contributed by atoms with Crippen molar-refractivity contribution in [2.24, 2.45) is 0 Å². The summed E-state index contributed by atoms with van der Waals surface area (Å²) in [5.41, 5.74) is 0. The summed E-state index contributed by atoms with van der Waals surface area (Å²) in [6.45, 7) is 12.5. The molecule has 1 rings (SSSR count). The molecule has 0 heterocycles. The first-order valence-electron chi connectivity index (χ1n) is 7.91. The van der Waals surface area contributed by atoms with E-state index in [-0.39, 0.29) is 7.43 Å². The van der Waals surface area contributed by atoms with Crippen LogP contribution in [0.3, 0.4) is 0 Å². The van der Waals surface area contributed by atoms with E-state index in [1.807, 2.05) is 27.7 Å². The molecule has 0 aliphatic heterocycles. The second-order valence-electron chi connectivity index (χ2n) is 3.83. The van der Waals surface area contributed by atoms with E-state index in [0.29, 0.717) is 0 Å². The third kappa shape index (κ3) is 38.7. The Morgan fingerprint density at radius 2 is 0.706 bits per heavy atom. The smallest absolute Gasteiger partial charge is 0.0533 e. The van der Waals surface area contributed by atoms with Gasteiger partial charge in [-0.05, 0) is 0 Å². The Morgan fingerprint density at radius 1 is 0.529 bits per heavy atom. The highest BCUT2D eigenvalue weighted by molar-refractivity contribution is 4.51. The van der Waals surface area contributed by atoms with Gasteiger partial charge in [-0.1, -0.05) is 113 Å². The average Bonchev–Trinajstić information content (AvgIpc) is 2.43. The third-order valence-electron chi connectivity index (χ3n) is 2.46. The SMILES string of the molecule is C.C1CCCCC1.CC.CC.CCCCCC. The maximum absolute atomic E-state index is 2.23. The summed E-state index contributed by atoms with van der Waals surface area (Å²) in [7, 11) is 0. The van der Waals surface area contributed by atoms with E-state index < -0.39 is 0 Å². The van der Waals surface area contributed by atoms with Gasteiger partial charge in [0.05, 0.1) is 0 Å². The van der Waals surface area contributed by atoms with Crippen LogP contribution in [0.15, 0.2) is 0 Å². The van der Waals surface area contributed by atoms with Crippen molar-refractivity contribution in [1.82, 2.24) is 0 Å². The maximum atomic E-state index is 2.23. The van der Waals surface area contributed by atoms with Gasteiger partial charge in [-0.2, -0.15) is 0 Å². The lowest BCUT2D eigenvalue weighted by Gasteiger charge is -2.05. The van der Waals surface area contributed by atoms with Crippen LogP contribution in [-0.2, 0) is 0 Å². The van der Waals surface area contributed by atoms with Gasteiger partial charge in [-0.25, -0.2) is 0 Å². The molecule has 0 aromatic rings. The fourth-order valence-corrected chi connectivity index (χ4v) is 1.56. The second kappa shape index (κ2) is 36.0. The molecule has 1 fully saturated rings. The Hall–Kier alpha value is 0. The van der Waals surface area contributed by atoms with Crippen LogP contribution < -0.4 is 0 Å². The molecule has 1 saturated carbocycles. The molecule has 0 amide bonds. The van der Waals surface area contributed by atoms with E-state index in [1.165, 1.54) is 64.2 Å². The summed E-state index contributed by atoms with van der Waals surface area (Å²) >= 11 is 0. The predicted molar refractivity (Wildman–Crippen MR) is 86.9 cm³/mol. The van der Waals surface area contributed by atoms with Crippen LogP contribution in [0.2, 0.25) is 0 Å². The summed E-state index contributed by atoms with van der Waals surface area (Å²) in [4.78, 5) is 0. The summed E-state index contributed by atoms with van der Waals surface area (Å²) in [5, 5.41) is 0. The van der Waals surface area contributed by atoms with Crippen LogP contribution in [0.5, 0.6) is 0 Å². The standard InChI is InChI=1S/C6H12.C6H14.2C2H6.CH4/c1-2-4-6-5-3-1;1-3-5-6-4-2;2*1-2;/h1-6H2;3-6H2,1-2H3;2*1-2H3;1H4. The van der Waals surface area contributed by atoms with E-state index >= 15 is 0 Å². The zero-order chi connectivity index (χ0) is 13.1. The topological polar surface area (TPSA) is 0 Å². The number of hydrogen-bond acceptors (Lipinski definition) is 0. The van der Waals surface area contributed by atoms with Crippen LogP contribution >= 0.6 is 0 Å². The molecule has 0 atom stereocenters. The minimum absolute atomic E-state index is 0. The maximum Gasteiger partial charge on any atom is -0.0533 e. The van der Waals surface area contributed by atoms with Crippen molar-refractivity contribution < 1.29 is 0 Å². The van der Waals surface area contributed by atoms with Crippen molar-refractivity contribution in [2.45, 2.75) is 113 Å². The molecule has 0 bridgehead atoms. The van der Waals surface area contributed by atoms with Gasteiger partial charge < -0.3 is 0 Å². The minimum atomic E-state index is 0. The van der Waals surface area contributed by atoms with Crippen LogP contribution in [0.25, 0.3) is 0 Å². The van der Waals surface area contributed by atoms with E-state index in [0.717, 1.165) is 0 Å². The van der Waals surface area contributed by atoms with Crippen molar-refractivity contribution in [3.8, 4) is 0 Å². The summed E-state index contributed by atoms with van der Waals surface area (Å²) < 4.78 is 0. The Kier molecular flexibility index (Phi) is 54.5. The zero-order valence-corrected chi connectivity index (χ0v) is 13.1. The van der Waals surface area contributed by atoms with Crippen LogP contribution in [-0.4, -0.2) is 0 Å². The molecule has 0 nitrogen and oxygen atoms in total. The quantitative estimate of drug-likeness (QED) is 0.449. The largest absolute Gasteiger partial charge is 0.0776 e. The second-order valence-corrected chi connectivity index (χ2v) is 3.83. The molecule has 17 heavy (non-hydrogen) atoms. The van der Waals surface area contributed by atoms with E-state index in [9.17, 15) is 0 Å². The lowest BCUT2D eigenvalue weighted by molar-refractivity contribution is 0.504. The van der Waals surface area contributed by atoms with Gasteiger partial charge in [0.25, 0.3) is 0 Å². The first-order valence-corrected chi connectivity index (χ1v) is 7.91. The lowest BCUT2D eigenvalue weighted by atomic mass is 10.0. The fourth-order valence-electron chi connectivity index (χ4n) is 1.56. The van der Waals surface area contributed by atoms with Crippen LogP contribution in [0.1, 0.15) is 113 Å². The summed E-state index contributed by atoms with van der Waals surface area (Å²) in [5.74, 6) is 0. The highest BCUT2D eigenvalue weighted by atomic mass is 14.0. The summed E-state index contributed by atoms with van der Waals surface area (Å²) in [6.07, 6.45) is 14.5. The minimum Gasteiger partial charge on any atom is -0.0776 e. The first kappa shape index (κ1) is 25.8. The molecule has 0 N–H and O–H groups in total. The molecular formula is C17H42. The average molecular weight is 247 g/mol. The molecule has 0 unspecified atom stereocenters. The Labute approximate surface area is 114 Å². The third-order valence-corrected chi connectivity index (χ3v) is 2.46. The highest BCUT2D eigenvalue weighted by Gasteiger charge is 1.95. The van der Waals surface area contributed by atoms with Crippen molar-refractivity contribution in [1.29, 1.82) is 0 Å². The number of hydrogen-bond donors (Lipinski definition) is 0. The predicted octanol–water partition coefficient (Wildman–Crippen LogP) is 7.62. The fraction of sp³-hybridized carbons (Fsp3) is 1.00. The van der Waals surface area contributed by atoms with Gasteiger partial charge in [-0.3, -0.25) is 0 Å². The highest BCUT2D eigenvalue weighted by Crippen LogP contribution is 2.15. The van der Waals surface area contributed by atoms with Gasteiger partial charge >= 0.3 is 0 Å². The Bertz CT molecular complexity index is 46.9. The van der Waals surface area contributed by atoms with Crippen molar-refractivity contribution >= 4 is 0 Å². The van der Waals surface area contributed by atoms with E-state index in [1.54, 1.807) is 0 Å². The molecule has 0 spiro atoms. The van der Waals surface area contributed by atoms with Crippen molar-refractivity contribution in [2.75, 3.05) is 0 Å². The molecule has 1 aliphatic rings. The molecule has 0 heteroatoms. The molecule has 0 aromatic carbocycles. The molecule has 0 aromatic heterocycles. The van der Waals surface area contributed by atoms with Gasteiger partial charge in [0, 0.05) is 0 Å². The van der Waals surface area contributed by atoms with E-state index in [4.69, 9.17) is 0 Å². The van der Waals surface area contributed by atoms with Gasteiger partial charge in [0.15, 0.2) is 0 Å². The van der Waals surface area contributed by atoms with E-state index in [2.05, 4.69) is 13.8 Å². The van der Waals surface area contributed by atoms with Crippen LogP contribution in [0.4, 0.5) is 0 Å². The van der Waals surface area contributed by atoms with Gasteiger partial charge in [-0.15, -0.1) is 0 Å². The van der Waals surface area contributed by atoms with Gasteiger partial charge in [0.2, 0.25) is 0 Å². The number of rotatable bonds is 3. The Balaban J connectivity index is -0.0000000737. The first-order chi connectivity index (χ1) is 7.91. The monoisotopic (exact) mass is 246 g/mol. The van der Waals surface area contributed by atoms with Crippen LogP contribution in [0, 0.1) is 0 Å². The van der Waals surface area contributed by atoms with Crippen molar-refractivity contribution in [3.05, 3.63) is 0 Å². The molecule has 0 radical (unpaired) electrons. The number of unbranched alkanes of at least 4 members (excludes halogenated alkanes) is 3. The molecule has 110 valence electrons. The molecule has 1 aliphatic carbocycles. The van der Waals surface area contributed by atoms with Gasteiger partial charge in [0.1, 0.15) is 0 Å². The van der Waals surface area contributed by atoms with Crippen molar-refractivity contribution in [3.63, 3.8) is 0 Å². The normalized spacial score (nSPS) is 12.4. The lowest BCUT2D eigenvalue weighted by Crippen LogP contribution is -1.85. The zero-order valence-electron chi connectivity index (χ0n) is 13.1. The molecule has 0 saturated heterocycles. The Morgan fingerprint density at radius 3 is 0.824 bits per heavy atom. The summed E-state index contributed by atoms with van der Waals surface area (Å²) in [6, 6.07) is 0. The molecular weight excluding hydrogens is 204 g/mol.